The molecule has 2 aromatic rings. The summed E-state index contributed by atoms with van der Waals surface area (Å²) in [6, 6.07) is 12.7. The highest BCUT2D eigenvalue weighted by Crippen LogP contribution is 2.41. The minimum atomic E-state index is -0.619. The molecule has 0 saturated carbocycles. The van der Waals surface area contributed by atoms with Crippen LogP contribution >= 0.6 is 0 Å². The van der Waals surface area contributed by atoms with Crippen molar-refractivity contribution in [3.05, 3.63) is 48.0 Å². The normalized spacial score (nSPS) is 11.8. The molecule has 0 amide bonds. The zero-order chi connectivity index (χ0) is 14.5. The summed E-state index contributed by atoms with van der Waals surface area (Å²) in [7, 11) is 3.14. The van der Waals surface area contributed by atoms with E-state index < -0.39 is 6.10 Å². The molecule has 0 unspecified atom stereocenters. The van der Waals surface area contributed by atoms with Crippen molar-refractivity contribution in [2.75, 3.05) is 14.2 Å². The molecule has 1 N–H and O–H groups in total. The Morgan fingerprint density at radius 2 is 1.40 bits per heavy atom. The van der Waals surface area contributed by atoms with Crippen LogP contribution in [0.1, 0.15) is 18.6 Å². The lowest BCUT2D eigenvalue weighted by atomic mass is 10.1. The second-order valence-corrected chi connectivity index (χ2v) is 4.31. The second-order valence-electron chi connectivity index (χ2n) is 4.31. The van der Waals surface area contributed by atoms with Crippen LogP contribution < -0.4 is 14.2 Å². The quantitative estimate of drug-likeness (QED) is 0.905. The first-order valence-electron chi connectivity index (χ1n) is 6.33. The third-order valence-electron chi connectivity index (χ3n) is 2.96. The predicted octanol–water partition coefficient (Wildman–Crippen LogP) is 3.55. The third kappa shape index (κ3) is 2.86. The Labute approximate surface area is 118 Å². The van der Waals surface area contributed by atoms with E-state index in [-0.39, 0.29) is 0 Å². The Hall–Kier alpha value is -2.20. The summed E-state index contributed by atoms with van der Waals surface area (Å²) in [5, 5.41) is 9.79. The van der Waals surface area contributed by atoms with Crippen molar-refractivity contribution >= 4 is 0 Å². The van der Waals surface area contributed by atoms with Crippen LogP contribution in [0.4, 0.5) is 0 Å². The molecule has 0 heterocycles. The van der Waals surface area contributed by atoms with Crippen LogP contribution in [0, 0.1) is 0 Å². The van der Waals surface area contributed by atoms with Gasteiger partial charge < -0.3 is 19.3 Å². The summed E-state index contributed by atoms with van der Waals surface area (Å²) in [5.74, 6) is 2.21. The molecule has 2 rings (SSSR count). The van der Waals surface area contributed by atoms with Gasteiger partial charge in [0.1, 0.15) is 5.75 Å². The Bertz CT molecular complexity index is 556. The minimum Gasteiger partial charge on any atom is -0.493 e. The molecule has 0 fully saturated rings. The first-order valence-corrected chi connectivity index (χ1v) is 6.33. The van der Waals surface area contributed by atoms with Crippen molar-refractivity contribution in [2.45, 2.75) is 13.0 Å². The summed E-state index contributed by atoms with van der Waals surface area (Å²) < 4.78 is 16.5. The molecular weight excluding hydrogens is 256 g/mol. The van der Waals surface area contributed by atoms with Gasteiger partial charge in [-0.2, -0.15) is 0 Å². The largest absolute Gasteiger partial charge is 0.493 e. The number of aliphatic hydroxyl groups is 1. The smallest absolute Gasteiger partial charge is 0.211 e. The average Bonchev–Trinajstić information content (AvgIpc) is 2.47. The number of methoxy groups -OCH3 is 2. The molecule has 4 nitrogen and oxygen atoms in total. The molecule has 4 heteroatoms. The Morgan fingerprint density at radius 3 is 1.95 bits per heavy atom. The molecule has 0 spiro atoms. The van der Waals surface area contributed by atoms with Crippen LogP contribution in [0.3, 0.4) is 0 Å². The first kappa shape index (κ1) is 14.2. The topological polar surface area (TPSA) is 47.9 Å². The third-order valence-corrected chi connectivity index (χ3v) is 2.96. The van der Waals surface area contributed by atoms with Gasteiger partial charge in [0.05, 0.1) is 20.3 Å². The van der Waals surface area contributed by atoms with Crippen molar-refractivity contribution in [3.63, 3.8) is 0 Å². The van der Waals surface area contributed by atoms with Gasteiger partial charge in [0, 0.05) is 5.56 Å². The van der Waals surface area contributed by atoms with E-state index in [4.69, 9.17) is 14.2 Å². The molecule has 106 valence electrons. The Balaban J connectivity index is 2.44. The maximum absolute atomic E-state index is 9.79. The molecule has 0 aliphatic carbocycles. The van der Waals surface area contributed by atoms with E-state index in [0.717, 1.165) is 0 Å². The van der Waals surface area contributed by atoms with Gasteiger partial charge in [-0.15, -0.1) is 0 Å². The average molecular weight is 274 g/mol. The summed E-state index contributed by atoms with van der Waals surface area (Å²) in [5.41, 5.74) is 0.709. The number of rotatable bonds is 5. The van der Waals surface area contributed by atoms with E-state index in [1.54, 1.807) is 39.3 Å². The van der Waals surface area contributed by atoms with Crippen molar-refractivity contribution in [3.8, 4) is 23.0 Å². The van der Waals surface area contributed by atoms with Crippen LogP contribution in [-0.2, 0) is 0 Å². The van der Waals surface area contributed by atoms with Crippen LogP contribution in [0.2, 0.25) is 0 Å². The van der Waals surface area contributed by atoms with Gasteiger partial charge in [-0.3, -0.25) is 0 Å². The second kappa shape index (κ2) is 6.30. The fourth-order valence-corrected chi connectivity index (χ4v) is 1.95. The molecule has 0 aliphatic rings. The summed E-state index contributed by atoms with van der Waals surface area (Å²) in [4.78, 5) is 0. The van der Waals surface area contributed by atoms with E-state index in [1.165, 1.54) is 0 Å². The van der Waals surface area contributed by atoms with E-state index in [1.807, 2.05) is 24.3 Å². The zero-order valence-electron chi connectivity index (χ0n) is 11.8. The van der Waals surface area contributed by atoms with Gasteiger partial charge in [0.2, 0.25) is 5.75 Å². The Morgan fingerprint density at radius 1 is 0.850 bits per heavy atom. The van der Waals surface area contributed by atoms with Crippen molar-refractivity contribution < 1.29 is 19.3 Å². The minimum absolute atomic E-state index is 0.491. The highest BCUT2D eigenvalue weighted by Gasteiger charge is 2.15. The van der Waals surface area contributed by atoms with Gasteiger partial charge in [-0.25, -0.2) is 0 Å². The lowest BCUT2D eigenvalue weighted by Gasteiger charge is -2.17. The monoisotopic (exact) mass is 274 g/mol. The molecule has 1 atom stereocenters. The van der Waals surface area contributed by atoms with Crippen molar-refractivity contribution in [1.29, 1.82) is 0 Å². The van der Waals surface area contributed by atoms with Crippen molar-refractivity contribution in [1.82, 2.24) is 0 Å². The lowest BCUT2D eigenvalue weighted by molar-refractivity contribution is 0.195. The molecule has 0 aromatic heterocycles. The number of para-hydroxylation sites is 2. The lowest BCUT2D eigenvalue weighted by Crippen LogP contribution is -1.98. The van der Waals surface area contributed by atoms with Crippen molar-refractivity contribution in [2.24, 2.45) is 0 Å². The van der Waals surface area contributed by atoms with Crippen LogP contribution in [0.5, 0.6) is 23.0 Å². The molecule has 0 bridgehead atoms. The number of benzene rings is 2. The predicted molar refractivity (Wildman–Crippen MR) is 76.7 cm³/mol. The molecule has 0 saturated heterocycles. The Kier molecular flexibility index (Phi) is 4.48. The first-order chi connectivity index (χ1) is 9.67. The van der Waals surface area contributed by atoms with E-state index in [2.05, 4.69) is 0 Å². The van der Waals surface area contributed by atoms with E-state index >= 15 is 0 Å². The number of hydrogen-bond donors (Lipinski definition) is 1. The molecular formula is C16H18O4. The standard InChI is InChI=1S/C16H18O4/c1-11(17)12-7-4-5-8-13(12)20-16-14(18-2)9-6-10-15(16)19-3/h4-11,17H,1-3H3/t11-/m0/s1. The SMILES string of the molecule is COc1cccc(OC)c1Oc1ccccc1[C@H](C)O. The molecule has 0 aliphatic heterocycles. The molecule has 20 heavy (non-hydrogen) atoms. The highest BCUT2D eigenvalue weighted by molar-refractivity contribution is 5.54. The summed E-state index contributed by atoms with van der Waals surface area (Å²) in [6.45, 7) is 1.70. The number of ether oxygens (including phenoxy) is 3. The maximum atomic E-state index is 9.79. The van der Waals surface area contributed by atoms with E-state index in [0.29, 0.717) is 28.6 Å². The van der Waals surface area contributed by atoms with Crippen LogP contribution in [0.15, 0.2) is 42.5 Å². The van der Waals surface area contributed by atoms with Crippen LogP contribution in [0.25, 0.3) is 0 Å². The maximum Gasteiger partial charge on any atom is 0.211 e. The number of aliphatic hydroxyl groups excluding tert-OH is 1. The summed E-state index contributed by atoms with van der Waals surface area (Å²) >= 11 is 0. The van der Waals surface area contributed by atoms with Gasteiger partial charge in [-0.1, -0.05) is 24.3 Å². The summed E-state index contributed by atoms with van der Waals surface area (Å²) in [6.07, 6.45) is -0.619. The van der Waals surface area contributed by atoms with Gasteiger partial charge in [-0.05, 0) is 25.1 Å². The molecule has 0 radical (unpaired) electrons. The number of hydrogen-bond acceptors (Lipinski definition) is 4. The fourth-order valence-electron chi connectivity index (χ4n) is 1.95. The molecule has 2 aromatic carbocycles. The van der Waals surface area contributed by atoms with Crippen LogP contribution in [-0.4, -0.2) is 19.3 Å². The fraction of sp³-hybridized carbons (Fsp3) is 0.250. The highest BCUT2D eigenvalue weighted by atomic mass is 16.5. The van der Waals surface area contributed by atoms with Gasteiger partial charge in [0.25, 0.3) is 0 Å². The van der Waals surface area contributed by atoms with Gasteiger partial charge >= 0.3 is 0 Å². The van der Waals surface area contributed by atoms with E-state index in [9.17, 15) is 5.11 Å². The van der Waals surface area contributed by atoms with Gasteiger partial charge in [0.15, 0.2) is 11.5 Å². The zero-order valence-corrected chi connectivity index (χ0v) is 11.8.